The van der Waals surface area contributed by atoms with E-state index in [9.17, 15) is 9.18 Å². The Bertz CT molecular complexity index is 786. The van der Waals surface area contributed by atoms with E-state index in [-0.39, 0.29) is 18.1 Å². The molecule has 0 atom stereocenters. The average molecular weight is 339 g/mol. The highest BCUT2D eigenvalue weighted by Gasteiger charge is 2.05. The van der Waals surface area contributed by atoms with Crippen molar-refractivity contribution in [2.45, 2.75) is 13.3 Å². The van der Waals surface area contributed by atoms with Crippen molar-refractivity contribution in [2.75, 3.05) is 13.7 Å². The minimum atomic E-state index is -0.412. The smallest absolute Gasteiger partial charge is 0.236 e. The fourth-order valence-corrected chi connectivity index (χ4v) is 1.65. The fraction of sp³-hybridized carbons (Fsp3) is 0.200. The van der Waals surface area contributed by atoms with Crippen molar-refractivity contribution < 1.29 is 18.7 Å². The lowest BCUT2D eigenvalue weighted by molar-refractivity contribution is 0.105. The third kappa shape index (κ3) is 7.20. The van der Waals surface area contributed by atoms with E-state index in [1.807, 2.05) is 19.1 Å². The van der Waals surface area contributed by atoms with Crippen LogP contribution in [0.1, 0.15) is 23.7 Å². The zero-order valence-corrected chi connectivity index (χ0v) is 14.1. The first-order valence-electron chi connectivity index (χ1n) is 7.53. The molecular formula is C20H18FNO3. The van der Waals surface area contributed by atoms with Gasteiger partial charge in [-0.3, -0.25) is 4.79 Å². The van der Waals surface area contributed by atoms with Gasteiger partial charge < -0.3 is 9.47 Å². The standard InChI is InChI=1S/C17H13FO3.C3H5N/c1-20-17-12-14(18)9-10-16(17)21-11-5-8-15(19)13-6-3-2-4-7-13;1-2-3-4/h2-4,6-7,9-10,12H,11H2,1H3;2H2,1H3. The van der Waals surface area contributed by atoms with Gasteiger partial charge in [-0.15, -0.1) is 0 Å². The molecule has 25 heavy (non-hydrogen) atoms. The van der Waals surface area contributed by atoms with Gasteiger partial charge >= 0.3 is 0 Å². The summed E-state index contributed by atoms with van der Waals surface area (Å²) in [5.41, 5.74) is 0.532. The van der Waals surface area contributed by atoms with Crippen molar-refractivity contribution in [3.63, 3.8) is 0 Å². The van der Waals surface area contributed by atoms with Gasteiger partial charge in [0.15, 0.2) is 11.5 Å². The van der Waals surface area contributed by atoms with Gasteiger partial charge in [0, 0.05) is 18.1 Å². The van der Waals surface area contributed by atoms with Crippen molar-refractivity contribution >= 4 is 5.78 Å². The lowest BCUT2D eigenvalue weighted by atomic mass is 10.1. The number of hydrogen-bond acceptors (Lipinski definition) is 4. The van der Waals surface area contributed by atoms with Crippen molar-refractivity contribution in [1.29, 1.82) is 5.26 Å². The number of ketones is 1. The van der Waals surface area contributed by atoms with Crippen LogP contribution in [0.4, 0.5) is 4.39 Å². The molecule has 0 radical (unpaired) electrons. The second-order valence-corrected chi connectivity index (χ2v) is 4.59. The third-order valence-electron chi connectivity index (χ3n) is 2.82. The molecule has 2 aromatic carbocycles. The predicted octanol–water partition coefficient (Wildman–Crippen LogP) is 4.02. The molecular weight excluding hydrogens is 321 g/mol. The SMILES string of the molecule is CCC#N.COc1cc(F)ccc1OCC#CC(=O)c1ccccc1. The zero-order chi connectivity index (χ0) is 18.5. The molecule has 0 fully saturated rings. The van der Waals surface area contributed by atoms with E-state index < -0.39 is 5.82 Å². The van der Waals surface area contributed by atoms with E-state index in [0.29, 0.717) is 17.7 Å². The van der Waals surface area contributed by atoms with Gasteiger partial charge in [0.2, 0.25) is 5.78 Å². The molecule has 128 valence electrons. The van der Waals surface area contributed by atoms with Crippen LogP contribution >= 0.6 is 0 Å². The quantitative estimate of drug-likeness (QED) is 0.479. The van der Waals surface area contributed by atoms with E-state index in [1.165, 1.54) is 25.3 Å². The lowest BCUT2D eigenvalue weighted by Crippen LogP contribution is -1.99. The number of benzene rings is 2. The van der Waals surface area contributed by atoms with E-state index in [0.717, 1.165) is 0 Å². The largest absolute Gasteiger partial charge is 0.493 e. The molecule has 0 amide bonds. The highest BCUT2D eigenvalue weighted by Crippen LogP contribution is 2.27. The Balaban J connectivity index is 0.000000705. The number of nitrogens with zero attached hydrogens (tertiary/aromatic N) is 1. The Hall–Kier alpha value is -3.31. The Morgan fingerprint density at radius 1 is 1.16 bits per heavy atom. The number of nitriles is 1. The van der Waals surface area contributed by atoms with E-state index in [1.54, 1.807) is 24.3 Å². The van der Waals surface area contributed by atoms with E-state index in [4.69, 9.17) is 14.7 Å². The second-order valence-electron chi connectivity index (χ2n) is 4.59. The van der Waals surface area contributed by atoms with Gasteiger partial charge in [0.1, 0.15) is 12.4 Å². The van der Waals surface area contributed by atoms with Gasteiger partial charge in [-0.25, -0.2) is 4.39 Å². The molecule has 0 unspecified atom stereocenters. The minimum Gasteiger partial charge on any atom is -0.493 e. The zero-order valence-electron chi connectivity index (χ0n) is 14.1. The molecule has 0 aliphatic carbocycles. The Morgan fingerprint density at radius 3 is 2.44 bits per heavy atom. The molecule has 2 rings (SSSR count). The lowest BCUT2D eigenvalue weighted by Gasteiger charge is -2.07. The van der Waals surface area contributed by atoms with Crippen molar-refractivity contribution in [3.8, 4) is 29.4 Å². The maximum absolute atomic E-state index is 13.0. The van der Waals surface area contributed by atoms with E-state index in [2.05, 4.69) is 11.8 Å². The first kappa shape index (κ1) is 19.7. The number of ether oxygens (including phenoxy) is 2. The van der Waals surface area contributed by atoms with Crippen molar-refractivity contribution in [1.82, 2.24) is 0 Å². The van der Waals surface area contributed by atoms with Gasteiger partial charge in [0.05, 0.1) is 13.2 Å². The molecule has 2 aromatic rings. The summed E-state index contributed by atoms with van der Waals surface area (Å²) in [4.78, 5) is 11.7. The number of methoxy groups -OCH3 is 1. The van der Waals surface area contributed by atoms with Crippen LogP contribution in [0.25, 0.3) is 0 Å². The molecule has 4 nitrogen and oxygen atoms in total. The molecule has 0 spiro atoms. The average Bonchev–Trinajstić information content (AvgIpc) is 2.66. The summed E-state index contributed by atoms with van der Waals surface area (Å²) >= 11 is 0. The van der Waals surface area contributed by atoms with Crippen LogP contribution in [0.2, 0.25) is 0 Å². The fourth-order valence-electron chi connectivity index (χ4n) is 1.65. The second kappa shape index (κ2) is 11.3. The normalized spacial score (nSPS) is 8.72. The van der Waals surface area contributed by atoms with Crippen LogP contribution in [0.5, 0.6) is 11.5 Å². The molecule has 5 heteroatoms. The molecule has 0 bridgehead atoms. The number of rotatable bonds is 4. The molecule has 0 heterocycles. The maximum atomic E-state index is 13.0. The summed E-state index contributed by atoms with van der Waals surface area (Å²) in [7, 11) is 1.42. The number of Topliss-reactive ketones (excluding diaryl/α,β-unsaturated/α-hetero) is 1. The topological polar surface area (TPSA) is 59.3 Å². The van der Waals surface area contributed by atoms with Gasteiger partial charge in [0.25, 0.3) is 0 Å². The van der Waals surface area contributed by atoms with Crippen LogP contribution in [-0.2, 0) is 0 Å². The van der Waals surface area contributed by atoms with E-state index >= 15 is 0 Å². The highest BCUT2D eigenvalue weighted by atomic mass is 19.1. The van der Waals surface area contributed by atoms with Crippen LogP contribution in [-0.4, -0.2) is 19.5 Å². The molecule has 0 aliphatic rings. The number of carbonyl (C=O) groups is 1. The Labute approximate surface area is 146 Å². The molecule has 0 saturated carbocycles. The summed E-state index contributed by atoms with van der Waals surface area (Å²) in [5.74, 6) is 5.09. The number of carbonyl (C=O) groups excluding carboxylic acids is 1. The minimum absolute atomic E-state index is 0.0145. The van der Waals surface area contributed by atoms with Gasteiger partial charge in [-0.1, -0.05) is 43.2 Å². The maximum Gasteiger partial charge on any atom is 0.236 e. The van der Waals surface area contributed by atoms with Crippen LogP contribution in [0.3, 0.4) is 0 Å². The third-order valence-corrected chi connectivity index (χ3v) is 2.82. The monoisotopic (exact) mass is 339 g/mol. The van der Waals surface area contributed by atoms with Crippen LogP contribution in [0.15, 0.2) is 48.5 Å². The predicted molar refractivity (Wildman–Crippen MR) is 92.9 cm³/mol. The summed E-state index contributed by atoms with van der Waals surface area (Å²) in [6, 6.07) is 14.6. The molecule has 0 aliphatic heterocycles. The first-order valence-corrected chi connectivity index (χ1v) is 7.53. The Kier molecular flexibility index (Phi) is 8.89. The summed E-state index contributed by atoms with van der Waals surface area (Å²) in [5, 5.41) is 7.62. The molecule has 0 aromatic heterocycles. The van der Waals surface area contributed by atoms with Crippen LogP contribution in [0, 0.1) is 29.0 Å². The summed E-state index contributed by atoms with van der Waals surface area (Å²) < 4.78 is 23.4. The number of halogens is 1. The molecule has 0 N–H and O–H groups in total. The van der Waals surface area contributed by atoms with Crippen LogP contribution < -0.4 is 9.47 Å². The Morgan fingerprint density at radius 2 is 1.84 bits per heavy atom. The summed E-state index contributed by atoms with van der Waals surface area (Å²) in [6.07, 6.45) is 0.625. The molecule has 0 saturated heterocycles. The number of hydrogen-bond donors (Lipinski definition) is 0. The van der Waals surface area contributed by atoms with Gasteiger partial charge in [-0.05, 0) is 18.1 Å². The highest BCUT2D eigenvalue weighted by molar-refractivity contribution is 6.08. The first-order chi connectivity index (χ1) is 12.1. The van der Waals surface area contributed by atoms with Crippen molar-refractivity contribution in [2.24, 2.45) is 0 Å². The van der Waals surface area contributed by atoms with Gasteiger partial charge in [-0.2, -0.15) is 5.26 Å². The summed E-state index contributed by atoms with van der Waals surface area (Å²) in [6.45, 7) is 1.83. The van der Waals surface area contributed by atoms with Crippen molar-refractivity contribution in [3.05, 3.63) is 59.9 Å².